The number of aryl methyl sites for hydroxylation is 1. The first kappa shape index (κ1) is 16.6. The summed E-state index contributed by atoms with van der Waals surface area (Å²) in [6.07, 6.45) is -4.15. The predicted octanol–water partition coefficient (Wildman–Crippen LogP) is 2.04. The van der Waals surface area contributed by atoms with Crippen LogP contribution in [0.15, 0.2) is 22.7 Å². The molecule has 1 atom stereocenters. The molecule has 0 radical (unpaired) electrons. The van der Waals surface area contributed by atoms with Crippen molar-refractivity contribution in [2.24, 2.45) is 0 Å². The molecule has 1 unspecified atom stereocenters. The summed E-state index contributed by atoms with van der Waals surface area (Å²) in [5.41, 5.74) is -1.72. The second kappa shape index (κ2) is 5.66. The number of nitrogens with zero attached hydrogens (tertiary/aromatic N) is 2. The lowest BCUT2D eigenvalue weighted by Gasteiger charge is -2.32. The first-order valence-corrected chi connectivity index (χ1v) is 7.35. The van der Waals surface area contributed by atoms with Gasteiger partial charge in [-0.3, -0.25) is 9.89 Å². The van der Waals surface area contributed by atoms with Gasteiger partial charge in [0.15, 0.2) is 0 Å². The molecule has 0 fully saturated rings. The SMILES string of the molecule is Cc1ccc(C(O)(CC(=O)N2CCc3[nH]ncc3C2)C(F)(F)F)o1. The zero-order valence-electron chi connectivity index (χ0n) is 12.9. The van der Waals surface area contributed by atoms with Crippen LogP contribution >= 0.6 is 0 Å². The van der Waals surface area contributed by atoms with E-state index in [9.17, 15) is 23.1 Å². The Labute approximate surface area is 135 Å². The Kier molecular flexibility index (Phi) is 3.90. The first-order valence-electron chi connectivity index (χ1n) is 7.35. The minimum absolute atomic E-state index is 0.162. The summed E-state index contributed by atoms with van der Waals surface area (Å²) in [5, 5.41) is 16.8. The number of aromatic nitrogens is 2. The van der Waals surface area contributed by atoms with Crippen molar-refractivity contribution in [1.29, 1.82) is 0 Å². The van der Waals surface area contributed by atoms with Gasteiger partial charge in [-0.25, -0.2) is 0 Å². The van der Waals surface area contributed by atoms with Gasteiger partial charge in [0.2, 0.25) is 11.5 Å². The standard InChI is InChI=1S/C15H16F3N3O3/c1-9-2-3-12(24-9)14(23,15(16,17)18)6-13(22)21-5-4-11-10(8-21)7-19-20-11/h2-3,7,23H,4-6,8H2,1H3,(H,19,20). The minimum Gasteiger partial charge on any atom is -0.463 e. The Morgan fingerprint density at radius 2 is 2.21 bits per heavy atom. The van der Waals surface area contributed by atoms with Crippen molar-refractivity contribution in [3.63, 3.8) is 0 Å². The predicted molar refractivity (Wildman–Crippen MR) is 75.7 cm³/mol. The van der Waals surface area contributed by atoms with E-state index in [4.69, 9.17) is 4.42 Å². The molecule has 0 aliphatic carbocycles. The molecule has 0 spiro atoms. The van der Waals surface area contributed by atoms with E-state index < -0.39 is 29.9 Å². The van der Waals surface area contributed by atoms with E-state index >= 15 is 0 Å². The largest absolute Gasteiger partial charge is 0.463 e. The number of amides is 1. The summed E-state index contributed by atoms with van der Waals surface area (Å²) >= 11 is 0. The number of fused-ring (bicyclic) bond motifs is 1. The van der Waals surface area contributed by atoms with Crippen LogP contribution < -0.4 is 0 Å². The number of furan rings is 1. The van der Waals surface area contributed by atoms with E-state index in [1.165, 1.54) is 17.9 Å². The van der Waals surface area contributed by atoms with Gasteiger partial charge in [-0.15, -0.1) is 0 Å². The molecule has 1 amide bonds. The molecule has 3 rings (SSSR count). The molecule has 0 bridgehead atoms. The van der Waals surface area contributed by atoms with E-state index in [1.54, 1.807) is 6.20 Å². The molecular weight excluding hydrogens is 327 g/mol. The number of hydrogen-bond donors (Lipinski definition) is 2. The van der Waals surface area contributed by atoms with Gasteiger partial charge < -0.3 is 14.4 Å². The van der Waals surface area contributed by atoms with E-state index in [0.29, 0.717) is 6.42 Å². The lowest BCUT2D eigenvalue weighted by atomic mass is 9.94. The fourth-order valence-electron chi connectivity index (χ4n) is 2.75. The number of nitrogens with one attached hydrogen (secondary N) is 1. The molecule has 2 aromatic rings. The van der Waals surface area contributed by atoms with Crippen molar-refractivity contribution in [1.82, 2.24) is 15.1 Å². The second-order valence-electron chi connectivity index (χ2n) is 5.88. The van der Waals surface area contributed by atoms with Crippen LogP contribution in [0.1, 0.15) is 29.2 Å². The summed E-state index contributed by atoms with van der Waals surface area (Å²) in [6.45, 7) is 1.89. The second-order valence-corrected chi connectivity index (χ2v) is 5.88. The topological polar surface area (TPSA) is 82.4 Å². The summed E-state index contributed by atoms with van der Waals surface area (Å²) in [7, 11) is 0. The number of aliphatic hydroxyl groups is 1. The number of alkyl halides is 3. The molecule has 9 heteroatoms. The molecular formula is C15H16F3N3O3. The third kappa shape index (κ3) is 2.79. The van der Waals surface area contributed by atoms with Crippen molar-refractivity contribution in [3.05, 3.63) is 41.1 Å². The number of carbonyl (C=O) groups excluding carboxylic acids is 1. The van der Waals surface area contributed by atoms with Gasteiger partial charge >= 0.3 is 6.18 Å². The van der Waals surface area contributed by atoms with Crippen molar-refractivity contribution >= 4 is 5.91 Å². The Bertz CT molecular complexity index is 752. The lowest BCUT2D eigenvalue weighted by molar-refractivity contribution is -0.274. The fourth-order valence-corrected chi connectivity index (χ4v) is 2.75. The maximum atomic E-state index is 13.4. The highest BCUT2D eigenvalue weighted by atomic mass is 19.4. The van der Waals surface area contributed by atoms with Gasteiger partial charge in [-0.2, -0.15) is 18.3 Å². The highest BCUT2D eigenvalue weighted by Crippen LogP contribution is 2.42. The number of hydrogen-bond acceptors (Lipinski definition) is 4. The van der Waals surface area contributed by atoms with Crippen LogP contribution in [0.4, 0.5) is 13.2 Å². The monoisotopic (exact) mass is 343 g/mol. The number of aromatic amines is 1. The lowest BCUT2D eigenvalue weighted by Crippen LogP contribution is -2.47. The highest BCUT2D eigenvalue weighted by Gasteiger charge is 2.58. The smallest absolute Gasteiger partial charge is 0.425 e. The van der Waals surface area contributed by atoms with Gasteiger partial charge in [0.05, 0.1) is 12.6 Å². The van der Waals surface area contributed by atoms with Gasteiger partial charge in [0.1, 0.15) is 11.5 Å². The normalized spacial score (nSPS) is 17.5. The Balaban J connectivity index is 1.82. The van der Waals surface area contributed by atoms with Gasteiger partial charge in [0.25, 0.3) is 0 Å². The van der Waals surface area contributed by atoms with Crippen LogP contribution in [0, 0.1) is 6.92 Å². The summed E-state index contributed by atoms with van der Waals surface area (Å²) < 4.78 is 45.2. The van der Waals surface area contributed by atoms with Crippen molar-refractivity contribution in [2.45, 2.75) is 38.1 Å². The summed E-state index contributed by atoms with van der Waals surface area (Å²) in [4.78, 5) is 13.6. The maximum Gasteiger partial charge on any atom is 0.425 e. The first-order chi connectivity index (χ1) is 11.2. The zero-order chi connectivity index (χ0) is 17.5. The van der Waals surface area contributed by atoms with E-state index in [1.807, 2.05) is 0 Å². The molecule has 0 saturated heterocycles. The van der Waals surface area contributed by atoms with E-state index in [-0.39, 0.29) is 18.8 Å². The third-order valence-corrected chi connectivity index (χ3v) is 4.18. The van der Waals surface area contributed by atoms with Crippen LogP contribution in [0.3, 0.4) is 0 Å². The molecule has 1 aliphatic rings. The van der Waals surface area contributed by atoms with Gasteiger partial charge in [0, 0.05) is 30.8 Å². The Morgan fingerprint density at radius 3 is 2.83 bits per heavy atom. The molecule has 0 aromatic carbocycles. The Morgan fingerprint density at radius 1 is 1.46 bits per heavy atom. The summed E-state index contributed by atoms with van der Waals surface area (Å²) in [5.74, 6) is -1.25. The number of carbonyl (C=O) groups is 1. The van der Waals surface area contributed by atoms with Crippen LogP contribution in [0.2, 0.25) is 0 Å². The molecule has 24 heavy (non-hydrogen) atoms. The molecule has 2 N–H and O–H groups in total. The highest BCUT2D eigenvalue weighted by molar-refractivity contribution is 5.78. The third-order valence-electron chi connectivity index (χ3n) is 4.18. The zero-order valence-corrected chi connectivity index (χ0v) is 12.9. The van der Waals surface area contributed by atoms with Gasteiger partial charge in [-0.1, -0.05) is 0 Å². The summed E-state index contributed by atoms with van der Waals surface area (Å²) in [6, 6.07) is 2.36. The van der Waals surface area contributed by atoms with Crippen LogP contribution in [-0.2, 0) is 23.4 Å². The van der Waals surface area contributed by atoms with Crippen molar-refractivity contribution in [2.75, 3.05) is 6.54 Å². The average Bonchev–Trinajstić information content (AvgIpc) is 3.13. The van der Waals surface area contributed by atoms with Crippen LogP contribution in [-0.4, -0.2) is 38.8 Å². The van der Waals surface area contributed by atoms with Crippen molar-refractivity contribution < 1.29 is 27.5 Å². The molecule has 0 saturated carbocycles. The molecule has 3 heterocycles. The number of rotatable bonds is 3. The number of halogens is 3. The van der Waals surface area contributed by atoms with Crippen LogP contribution in [0.5, 0.6) is 0 Å². The van der Waals surface area contributed by atoms with Crippen LogP contribution in [0.25, 0.3) is 0 Å². The maximum absolute atomic E-state index is 13.4. The van der Waals surface area contributed by atoms with Crippen molar-refractivity contribution in [3.8, 4) is 0 Å². The van der Waals surface area contributed by atoms with Gasteiger partial charge in [-0.05, 0) is 19.1 Å². The minimum atomic E-state index is -5.04. The molecule has 2 aromatic heterocycles. The fraction of sp³-hybridized carbons (Fsp3) is 0.467. The average molecular weight is 343 g/mol. The molecule has 130 valence electrons. The molecule has 6 nitrogen and oxygen atoms in total. The quantitative estimate of drug-likeness (QED) is 0.893. The Hall–Kier alpha value is -2.29. The molecule has 1 aliphatic heterocycles. The van der Waals surface area contributed by atoms with E-state index in [2.05, 4.69) is 10.2 Å². The van der Waals surface area contributed by atoms with E-state index in [0.717, 1.165) is 17.3 Å². The number of H-pyrrole nitrogens is 1.